The molecule has 0 bridgehead atoms. The zero-order chi connectivity index (χ0) is 16.1. The van der Waals surface area contributed by atoms with Gasteiger partial charge in [0.15, 0.2) is 6.10 Å². The van der Waals surface area contributed by atoms with E-state index in [2.05, 4.69) is 0 Å². The van der Waals surface area contributed by atoms with E-state index >= 15 is 0 Å². The maximum absolute atomic E-state index is 11.8. The summed E-state index contributed by atoms with van der Waals surface area (Å²) in [5, 5.41) is 0.568. The number of ether oxygens (including phenoxy) is 3. The first-order chi connectivity index (χ1) is 10.5. The predicted octanol–water partition coefficient (Wildman–Crippen LogP) is 2.49. The molecule has 1 amide bonds. The summed E-state index contributed by atoms with van der Waals surface area (Å²) in [6.45, 7) is 4.07. The van der Waals surface area contributed by atoms with Crippen molar-refractivity contribution in [3.8, 4) is 5.75 Å². The molecule has 2 rings (SSSR count). The lowest BCUT2D eigenvalue weighted by Gasteiger charge is -2.19. The van der Waals surface area contributed by atoms with E-state index in [1.165, 1.54) is 4.90 Å². The molecule has 1 aromatic carbocycles. The summed E-state index contributed by atoms with van der Waals surface area (Å²) in [6.07, 6.45) is -0.983. The largest absolute Gasteiger partial charge is 0.490 e. The van der Waals surface area contributed by atoms with Crippen LogP contribution in [-0.4, -0.2) is 48.9 Å². The molecular formula is C15H18ClNO5. The van der Waals surface area contributed by atoms with Gasteiger partial charge in [0.25, 0.3) is 0 Å². The third-order valence-corrected chi connectivity index (χ3v) is 3.46. The van der Waals surface area contributed by atoms with Gasteiger partial charge in [0.1, 0.15) is 18.4 Å². The van der Waals surface area contributed by atoms with Gasteiger partial charge < -0.3 is 14.2 Å². The molecular weight excluding hydrogens is 310 g/mol. The van der Waals surface area contributed by atoms with Crippen LogP contribution in [0.25, 0.3) is 0 Å². The molecule has 0 N–H and O–H groups in total. The highest BCUT2D eigenvalue weighted by atomic mass is 35.5. The quantitative estimate of drug-likeness (QED) is 0.751. The number of amides is 1. The zero-order valence-corrected chi connectivity index (χ0v) is 13.2. The van der Waals surface area contributed by atoms with Crippen molar-refractivity contribution in [2.45, 2.75) is 26.0 Å². The lowest BCUT2D eigenvalue weighted by Crippen LogP contribution is -2.41. The maximum atomic E-state index is 11.8. The second-order valence-corrected chi connectivity index (χ2v) is 5.29. The molecule has 0 radical (unpaired) electrons. The third kappa shape index (κ3) is 4.04. The Bertz CT molecular complexity index is 550. The van der Waals surface area contributed by atoms with Crippen molar-refractivity contribution in [3.05, 3.63) is 29.3 Å². The summed E-state index contributed by atoms with van der Waals surface area (Å²) in [5.74, 6) is 0.149. The van der Waals surface area contributed by atoms with E-state index in [1.54, 1.807) is 38.1 Å². The third-order valence-electron chi connectivity index (χ3n) is 3.23. The molecule has 1 fully saturated rings. The Hall–Kier alpha value is -1.95. The summed E-state index contributed by atoms with van der Waals surface area (Å²) in [4.78, 5) is 24.8. The molecule has 0 spiro atoms. The number of nitrogens with zero attached hydrogens (tertiary/aromatic N) is 1. The van der Waals surface area contributed by atoms with Crippen molar-refractivity contribution >= 4 is 23.7 Å². The SMILES string of the molecule is CCOC(=O)C(C)N1CC(COc2cccc(Cl)c2)OC1=O. The Morgan fingerprint density at radius 2 is 2.32 bits per heavy atom. The van der Waals surface area contributed by atoms with Crippen molar-refractivity contribution < 1.29 is 23.8 Å². The van der Waals surface area contributed by atoms with Gasteiger partial charge in [-0.2, -0.15) is 0 Å². The number of cyclic esters (lactones) is 1. The first-order valence-corrected chi connectivity index (χ1v) is 7.41. The average Bonchev–Trinajstić information content (AvgIpc) is 2.86. The fourth-order valence-corrected chi connectivity index (χ4v) is 2.26. The summed E-state index contributed by atoms with van der Waals surface area (Å²) >= 11 is 5.87. The summed E-state index contributed by atoms with van der Waals surface area (Å²) in [7, 11) is 0. The zero-order valence-electron chi connectivity index (χ0n) is 12.5. The maximum Gasteiger partial charge on any atom is 0.411 e. The minimum Gasteiger partial charge on any atom is -0.490 e. The Balaban J connectivity index is 1.88. The summed E-state index contributed by atoms with van der Waals surface area (Å²) < 4.78 is 15.7. The van der Waals surface area contributed by atoms with Gasteiger partial charge >= 0.3 is 12.1 Å². The summed E-state index contributed by atoms with van der Waals surface area (Å²) in [5.41, 5.74) is 0. The van der Waals surface area contributed by atoms with Crippen LogP contribution in [0.3, 0.4) is 0 Å². The lowest BCUT2D eigenvalue weighted by molar-refractivity contribution is -0.147. The molecule has 0 aliphatic carbocycles. The van der Waals surface area contributed by atoms with Crippen molar-refractivity contribution in [2.75, 3.05) is 19.8 Å². The Morgan fingerprint density at radius 3 is 3.00 bits per heavy atom. The van der Waals surface area contributed by atoms with Crippen LogP contribution < -0.4 is 4.74 Å². The highest BCUT2D eigenvalue weighted by Gasteiger charge is 2.38. The normalized spacial score (nSPS) is 18.8. The highest BCUT2D eigenvalue weighted by Crippen LogP contribution is 2.20. The molecule has 1 heterocycles. The average molecular weight is 328 g/mol. The fraction of sp³-hybridized carbons (Fsp3) is 0.467. The molecule has 1 aliphatic rings. The number of hydrogen-bond acceptors (Lipinski definition) is 5. The highest BCUT2D eigenvalue weighted by molar-refractivity contribution is 6.30. The molecule has 6 nitrogen and oxygen atoms in total. The predicted molar refractivity (Wildman–Crippen MR) is 80.0 cm³/mol. The second-order valence-electron chi connectivity index (χ2n) is 4.85. The molecule has 22 heavy (non-hydrogen) atoms. The minimum absolute atomic E-state index is 0.193. The van der Waals surface area contributed by atoms with Gasteiger partial charge in [0.2, 0.25) is 0 Å². The van der Waals surface area contributed by atoms with Crippen molar-refractivity contribution in [1.82, 2.24) is 4.90 Å². The van der Waals surface area contributed by atoms with Gasteiger partial charge in [-0.05, 0) is 32.0 Å². The monoisotopic (exact) mass is 327 g/mol. The van der Waals surface area contributed by atoms with Gasteiger partial charge in [-0.25, -0.2) is 9.59 Å². The number of hydrogen-bond donors (Lipinski definition) is 0. The van der Waals surface area contributed by atoms with Crippen LogP contribution in [0.15, 0.2) is 24.3 Å². The molecule has 1 saturated heterocycles. The topological polar surface area (TPSA) is 65.1 Å². The molecule has 120 valence electrons. The van der Waals surface area contributed by atoms with Gasteiger partial charge in [-0.1, -0.05) is 17.7 Å². The number of carbonyl (C=O) groups is 2. The van der Waals surface area contributed by atoms with E-state index in [9.17, 15) is 9.59 Å². The van der Waals surface area contributed by atoms with Gasteiger partial charge in [-0.3, -0.25) is 4.90 Å². The lowest BCUT2D eigenvalue weighted by atomic mass is 10.2. The molecule has 7 heteroatoms. The molecule has 0 aromatic heterocycles. The van der Waals surface area contributed by atoms with Crippen LogP contribution >= 0.6 is 11.6 Å². The first-order valence-electron chi connectivity index (χ1n) is 7.03. The molecule has 1 aromatic rings. The van der Waals surface area contributed by atoms with Crippen molar-refractivity contribution in [3.63, 3.8) is 0 Å². The molecule has 2 atom stereocenters. The van der Waals surface area contributed by atoms with Crippen LogP contribution in [0.2, 0.25) is 5.02 Å². The Labute approximate surface area is 133 Å². The number of benzene rings is 1. The smallest absolute Gasteiger partial charge is 0.411 e. The van der Waals surface area contributed by atoms with Gasteiger partial charge in [0.05, 0.1) is 13.2 Å². The molecule has 1 aliphatic heterocycles. The number of halogens is 1. The standard InChI is InChI=1S/C15H18ClNO5/c1-3-20-14(18)10(2)17-8-13(22-15(17)19)9-21-12-6-4-5-11(16)7-12/h4-7,10,13H,3,8-9H2,1-2H3. The van der Waals surface area contributed by atoms with E-state index in [1.807, 2.05) is 0 Å². The van der Waals surface area contributed by atoms with E-state index in [4.69, 9.17) is 25.8 Å². The number of esters is 1. The number of carbonyl (C=O) groups excluding carboxylic acids is 2. The van der Waals surface area contributed by atoms with Crippen LogP contribution in [0, 0.1) is 0 Å². The van der Waals surface area contributed by atoms with E-state index in [0.29, 0.717) is 10.8 Å². The van der Waals surface area contributed by atoms with Crippen molar-refractivity contribution in [2.24, 2.45) is 0 Å². The van der Waals surface area contributed by atoms with Crippen LogP contribution in [0.5, 0.6) is 5.75 Å². The summed E-state index contributed by atoms with van der Waals surface area (Å²) in [6, 6.07) is 6.28. The van der Waals surface area contributed by atoms with Crippen molar-refractivity contribution in [1.29, 1.82) is 0 Å². The van der Waals surface area contributed by atoms with Gasteiger partial charge in [-0.15, -0.1) is 0 Å². The Morgan fingerprint density at radius 1 is 1.55 bits per heavy atom. The molecule has 0 saturated carbocycles. The van der Waals surface area contributed by atoms with Crippen LogP contribution in [0.1, 0.15) is 13.8 Å². The number of rotatable bonds is 6. The molecule has 2 unspecified atom stereocenters. The van der Waals surface area contributed by atoms with Gasteiger partial charge in [0, 0.05) is 5.02 Å². The fourth-order valence-electron chi connectivity index (χ4n) is 2.08. The van der Waals surface area contributed by atoms with Crippen LogP contribution in [0.4, 0.5) is 4.79 Å². The minimum atomic E-state index is -0.677. The Kier molecular flexibility index (Phi) is 5.49. The first kappa shape index (κ1) is 16.4. The van der Waals surface area contributed by atoms with Crippen LogP contribution in [-0.2, 0) is 14.3 Å². The van der Waals surface area contributed by atoms with E-state index in [-0.39, 0.29) is 19.8 Å². The van der Waals surface area contributed by atoms with E-state index in [0.717, 1.165) is 0 Å². The second kappa shape index (κ2) is 7.35. The van der Waals surface area contributed by atoms with E-state index < -0.39 is 24.2 Å².